The van der Waals surface area contributed by atoms with Crippen molar-refractivity contribution in [2.75, 3.05) is 23.0 Å². The van der Waals surface area contributed by atoms with Crippen molar-refractivity contribution >= 4 is 34.1 Å². The zero-order valence-electron chi connectivity index (χ0n) is 22.1. The van der Waals surface area contributed by atoms with Gasteiger partial charge in [-0.2, -0.15) is 5.10 Å². The van der Waals surface area contributed by atoms with Crippen LogP contribution in [0.15, 0.2) is 91.1 Å². The van der Waals surface area contributed by atoms with E-state index in [0.717, 1.165) is 58.5 Å². The lowest BCUT2D eigenvalue weighted by atomic mass is 10.1. The highest BCUT2D eigenvalue weighted by molar-refractivity contribution is 6.07. The molecule has 0 bridgehead atoms. The molecule has 0 radical (unpaired) electrons. The van der Waals surface area contributed by atoms with E-state index in [1.165, 1.54) is 0 Å². The number of anilines is 3. The van der Waals surface area contributed by atoms with Gasteiger partial charge in [-0.15, -0.1) is 0 Å². The number of nitrogens with zero attached hydrogens (tertiary/aromatic N) is 3. The van der Waals surface area contributed by atoms with E-state index in [0.29, 0.717) is 18.1 Å². The number of para-hydroxylation sites is 1. The molecule has 0 aliphatic heterocycles. The molecular formula is C31H32N6O2. The van der Waals surface area contributed by atoms with Crippen LogP contribution < -0.4 is 20.7 Å². The Morgan fingerprint density at radius 1 is 0.923 bits per heavy atom. The predicted octanol–water partition coefficient (Wildman–Crippen LogP) is 7.03. The van der Waals surface area contributed by atoms with Crippen LogP contribution in [0.25, 0.3) is 16.5 Å². The van der Waals surface area contributed by atoms with Crippen molar-refractivity contribution in [2.24, 2.45) is 0 Å². The Kier molecular flexibility index (Phi) is 8.02. The van der Waals surface area contributed by atoms with Crippen LogP contribution >= 0.6 is 0 Å². The van der Waals surface area contributed by atoms with Crippen molar-refractivity contribution < 1.29 is 9.53 Å². The number of pyridine rings is 1. The Balaban J connectivity index is 1.35. The highest BCUT2D eigenvalue weighted by Crippen LogP contribution is 2.32. The van der Waals surface area contributed by atoms with Crippen LogP contribution in [0.5, 0.6) is 5.75 Å². The molecule has 0 aliphatic rings. The van der Waals surface area contributed by atoms with E-state index in [2.05, 4.69) is 27.9 Å². The molecular weight excluding hydrogens is 488 g/mol. The Morgan fingerprint density at radius 2 is 1.72 bits per heavy atom. The van der Waals surface area contributed by atoms with Crippen LogP contribution in [0.4, 0.5) is 22.1 Å². The van der Waals surface area contributed by atoms with Gasteiger partial charge in [0.1, 0.15) is 24.0 Å². The van der Waals surface area contributed by atoms with Gasteiger partial charge in [0.25, 0.3) is 0 Å². The topological polar surface area (TPSA) is 93.1 Å². The number of ether oxygens (including phenoxy) is 1. The van der Waals surface area contributed by atoms with Crippen molar-refractivity contribution in [1.29, 1.82) is 0 Å². The maximum atomic E-state index is 13.2. The van der Waals surface area contributed by atoms with E-state index < -0.39 is 0 Å². The Morgan fingerprint density at radius 3 is 2.51 bits per heavy atom. The molecule has 39 heavy (non-hydrogen) atoms. The summed E-state index contributed by atoms with van der Waals surface area (Å²) in [5.41, 5.74) is 3.53. The number of fused-ring (bicyclic) bond motifs is 1. The second-order valence-electron chi connectivity index (χ2n) is 9.20. The summed E-state index contributed by atoms with van der Waals surface area (Å²) in [6.07, 6.45) is 4.72. The minimum Gasteiger partial charge on any atom is -0.488 e. The lowest BCUT2D eigenvalue weighted by Crippen LogP contribution is -2.21. The van der Waals surface area contributed by atoms with Crippen LogP contribution in [0.2, 0.25) is 0 Å². The first-order valence-corrected chi connectivity index (χ1v) is 13.1. The van der Waals surface area contributed by atoms with Crippen molar-refractivity contribution in [2.45, 2.75) is 32.8 Å². The van der Waals surface area contributed by atoms with Gasteiger partial charge >= 0.3 is 6.03 Å². The Labute approximate surface area is 228 Å². The van der Waals surface area contributed by atoms with Crippen LogP contribution in [0, 0.1) is 0 Å². The minimum absolute atomic E-state index is 0.343. The smallest absolute Gasteiger partial charge is 0.324 e. The van der Waals surface area contributed by atoms with Crippen LogP contribution in [0.3, 0.4) is 0 Å². The molecule has 2 aromatic heterocycles. The monoisotopic (exact) mass is 520 g/mol. The molecule has 0 saturated heterocycles. The van der Waals surface area contributed by atoms with E-state index in [-0.39, 0.29) is 6.03 Å². The summed E-state index contributed by atoms with van der Waals surface area (Å²) in [6, 6.07) is 26.9. The second-order valence-corrected chi connectivity index (χ2v) is 9.20. The van der Waals surface area contributed by atoms with Gasteiger partial charge < -0.3 is 15.4 Å². The van der Waals surface area contributed by atoms with Gasteiger partial charge in [-0.25, -0.2) is 14.5 Å². The van der Waals surface area contributed by atoms with E-state index >= 15 is 0 Å². The number of rotatable bonds is 10. The zero-order valence-corrected chi connectivity index (χ0v) is 22.1. The standard InChI is InChI=1S/C31H32N6O2/c1-3-4-10-23-20-30(37(36-23)24-11-6-5-7-12-24)35-31(38)34-27-15-16-28(26-14-9-8-13-25(26)27)39-21-22-17-18-33-29(19-22)32-2/h5-9,11-20H,3-4,10,21H2,1-2H3,(H,32,33)(H2,34,35,38). The first kappa shape index (κ1) is 25.8. The maximum absolute atomic E-state index is 13.2. The summed E-state index contributed by atoms with van der Waals surface area (Å²) in [5, 5.41) is 15.6. The molecule has 2 amide bonds. The Bertz CT molecular complexity index is 1560. The first-order chi connectivity index (χ1) is 19.1. The fourth-order valence-electron chi connectivity index (χ4n) is 4.40. The summed E-state index contributed by atoms with van der Waals surface area (Å²) in [4.78, 5) is 17.4. The van der Waals surface area contributed by atoms with Gasteiger partial charge in [0.15, 0.2) is 0 Å². The third kappa shape index (κ3) is 6.18. The van der Waals surface area contributed by atoms with Crippen LogP contribution in [-0.4, -0.2) is 27.8 Å². The lowest BCUT2D eigenvalue weighted by Gasteiger charge is -2.14. The number of benzene rings is 3. The van der Waals surface area contributed by atoms with Gasteiger partial charge in [-0.05, 0) is 54.8 Å². The average molecular weight is 521 g/mol. The fourth-order valence-corrected chi connectivity index (χ4v) is 4.40. The summed E-state index contributed by atoms with van der Waals surface area (Å²) in [6.45, 7) is 2.55. The van der Waals surface area contributed by atoms with Gasteiger partial charge in [0.2, 0.25) is 0 Å². The summed E-state index contributed by atoms with van der Waals surface area (Å²) in [5.74, 6) is 2.15. The van der Waals surface area contributed by atoms with Crippen LogP contribution in [-0.2, 0) is 13.0 Å². The quantitative estimate of drug-likeness (QED) is 0.184. The van der Waals surface area contributed by atoms with Crippen molar-refractivity contribution in [3.63, 3.8) is 0 Å². The third-order valence-corrected chi connectivity index (χ3v) is 6.40. The second kappa shape index (κ2) is 12.1. The van der Waals surface area contributed by atoms with E-state index in [1.54, 1.807) is 10.9 Å². The molecule has 0 atom stereocenters. The normalized spacial score (nSPS) is 10.8. The molecule has 0 fully saturated rings. The molecule has 0 aliphatic carbocycles. The molecule has 0 saturated carbocycles. The molecule has 2 heterocycles. The number of aromatic nitrogens is 3. The number of unbranched alkanes of at least 4 members (excludes halogenated alkanes) is 1. The number of hydrogen-bond acceptors (Lipinski definition) is 5. The molecule has 5 aromatic rings. The molecule has 5 rings (SSSR count). The zero-order chi connectivity index (χ0) is 27.0. The van der Waals surface area contributed by atoms with E-state index in [1.807, 2.05) is 92.0 Å². The number of aryl methyl sites for hydroxylation is 1. The summed E-state index contributed by atoms with van der Waals surface area (Å²) >= 11 is 0. The van der Waals surface area contributed by atoms with Crippen LogP contribution in [0.1, 0.15) is 31.0 Å². The lowest BCUT2D eigenvalue weighted by molar-refractivity contribution is 0.262. The number of urea groups is 1. The molecule has 0 unspecified atom stereocenters. The minimum atomic E-state index is -0.343. The number of carbonyl (C=O) groups excluding carboxylic acids is 1. The largest absolute Gasteiger partial charge is 0.488 e. The van der Waals surface area contributed by atoms with E-state index in [9.17, 15) is 4.79 Å². The Hall–Kier alpha value is -4.85. The molecule has 3 aromatic carbocycles. The van der Waals surface area contributed by atoms with Crippen molar-refractivity contribution in [3.05, 3.63) is 102 Å². The molecule has 8 heteroatoms. The SMILES string of the molecule is CCCCc1cc(NC(=O)Nc2ccc(OCc3ccnc(NC)c3)c3ccccc23)n(-c2ccccc2)n1. The molecule has 0 spiro atoms. The van der Waals surface area contributed by atoms with Gasteiger partial charge in [-0.3, -0.25) is 5.32 Å². The average Bonchev–Trinajstić information content (AvgIpc) is 3.38. The molecule has 3 N–H and O–H groups in total. The number of nitrogens with one attached hydrogen (secondary N) is 3. The number of carbonyl (C=O) groups is 1. The third-order valence-electron chi connectivity index (χ3n) is 6.40. The summed E-state index contributed by atoms with van der Waals surface area (Å²) in [7, 11) is 1.84. The summed E-state index contributed by atoms with van der Waals surface area (Å²) < 4.78 is 7.94. The number of hydrogen-bond donors (Lipinski definition) is 3. The molecule has 198 valence electrons. The number of amides is 2. The maximum Gasteiger partial charge on any atom is 0.324 e. The van der Waals surface area contributed by atoms with Gasteiger partial charge in [0.05, 0.1) is 17.1 Å². The molecule has 8 nitrogen and oxygen atoms in total. The fraction of sp³-hybridized carbons (Fsp3) is 0.194. The van der Waals surface area contributed by atoms with Gasteiger partial charge in [0, 0.05) is 30.1 Å². The highest BCUT2D eigenvalue weighted by atomic mass is 16.5. The van der Waals surface area contributed by atoms with Gasteiger partial charge in [-0.1, -0.05) is 55.8 Å². The first-order valence-electron chi connectivity index (χ1n) is 13.1. The van der Waals surface area contributed by atoms with E-state index in [4.69, 9.17) is 9.84 Å². The van der Waals surface area contributed by atoms with Crippen molar-refractivity contribution in [1.82, 2.24) is 14.8 Å². The predicted molar refractivity (Wildman–Crippen MR) is 157 cm³/mol. The highest BCUT2D eigenvalue weighted by Gasteiger charge is 2.14. The van der Waals surface area contributed by atoms with Crippen molar-refractivity contribution in [3.8, 4) is 11.4 Å².